The average Bonchev–Trinajstić information content (AvgIpc) is 3.23. The summed E-state index contributed by atoms with van der Waals surface area (Å²) in [5.41, 5.74) is 3.01. The van der Waals surface area contributed by atoms with E-state index >= 15 is 0 Å². The molecule has 1 aromatic heterocycles. The Morgan fingerprint density at radius 2 is 1.45 bits per heavy atom. The highest BCUT2D eigenvalue weighted by Gasteiger charge is 2.21. The molecule has 0 bridgehead atoms. The Labute approximate surface area is 189 Å². The molecular weight excluding hydrogens is 427 g/mol. The lowest BCUT2D eigenvalue weighted by atomic mass is 10.0. The summed E-state index contributed by atoms with van der Waals surface area (Å²) in [5.74, 6) is -1.59. The molecule has 1 fully saturated rings. The van der Waals surface area contributed by atoms with Crippen LogP contribution < -0.4 is 0 Å². The normalized spacial score (nSPS) is 14.5. The van der Waals surface area contributed by atoms with Crippen LogP contribution in [0.4, 0.5) is 13.2 Å². The van der Waals surface area contributed by atoms with Gasteiger partial charge < -0.3 is 4.74 Å². The SMILES string of the molecule is Fc1ccccc1-c1c(CN2CCOCC2)cnn1-c1ccc(-c2c(F)cccc2F)cc1. The van der Waals surface area contributed by atoms with Crippen LogP contribution in [0.5, 0.6) is 0 Å². The summed E-state index contributed by atoms with van der Waals surface area (Å²) in [4.78, 5) is 2.25. The minimum Gasteiger partial charge on any atom is -0.379 e. The van der Waals surface area contributed by atoms with Crippen LogP contribution in [0.1, 0.15) is 5.56 Å². The van der Waals surface area contributed by atoms with Gasteiger partial charge in [0, 0.05) is 30.8 Å². The topological polar surface area (TPSA) is 30.3 Å². The summed E-state index contributed by atoms with van der Waals surface area (Å²) in [6.45, 7) is 3.54. The predicted octanol–water partition coefficient (Wildman–Crippen LogP) is 5.46. The predicted molar refractivity (Wildman–Crippen MR) is 120 cm³/mol. The molecule has 1 aliphatic heterocycles. The highest BCUT2D eigenvalue weighted by atomic mass is 19.1. The van der Waals surface area contributed by atoms with Gasteiger partial charge in [-0.15, -0.1) is 0 Å². The van der Waals surface area contributed by atoms with Gasteiger partial charge in [0.1, 0.15) is 17.5 Å². The van der Waals surface area contributed by atoms with Gasteiger partial charge in [0.15, 0.2) is 0 Å². The molecule has 33 heavy (non-hydrogen) atoms. The van der Waals surface area contributed by atoms with Crippen molar-refractivity contribution in [3.05, 3.63) is 95.9 Å². The highest BCUT2D eigenvalue weighted by Crippen LogP contribution is 2.32. The third-order valence-electron chi connectivity index (χ3n) is 5.83. The summed E-state index contributed by atoms with van der Waals surface area (Å²) in [6, 6.07) is 17.1. The fourth-order valence-electron chi connectivity index (χ4n) is 4.18. The standard InChI is InChI=1S/C26H22F3N3O/c27-22-5-2-1-4-21(22)26-19(17-31-12-14-33-15-13-31)16-30-32(26)20-10-8-18(9-11-20)25-23(28)6-3-7-24(25)29/h1-11,16H,12-15,17H2. The van der Waals surface area contributed by atoms with Crippen molar-refractivity contribution < 1.29 is 17.9 Å². The summed E-state index contributed by atoms with van der Waals surface area (Å²) in [6.07, 6.45) is 1.75. The minimum absolute atomic E-state index is 0.0770. The van der Waals surface area contributed by atoms with Gasteiger partial charge in [0.05, 0.1) is 36.4 Å². The zero-order chi connectivity index (χ0) is 22.8. The van der Waals surface area contributed by atoms with Gasteiger partial charge >= 0.3 is 0 Å². The molecule has 0 spiro atoms. The first-order valence-electron chi connectivity index (χ1n) is 10.8. The van der Waals surface area contributed by atoms with E-state index in [2.05, 4.69) is 10.00 Å². The van der Waals surface area contributed by atoms with E-state index in [0.29, 0.717) is 42.3 Å². The second kappa shape index (κ2) is 9.21. The van der Waals surface area contributed by atoms with Crippen LogP contribution >= 0.6 is 0 Å². The number of benzene rings is 3. The molecule has 0 atom stereocenters. The quantitative estimate of drug-likeness (QED) is 0.406. The first-order chi connectivity index (χ1) is 16.1. The molecule has 0 radical (unpaired) electrons. The van der Waals surface area contributed by atoms with E-state index in [9.17, 15) is 13.2 Å². The van der Waals surface area contributed by atoms with Gasteiger partial charge in [-0.2, -0.15) is 5.10 Å². The summed E-state index contributed by atoms with van der Waals surface area (Å²) in [5, 5.41) is 4.55. The van der Waals surface area contributed by atoms with Crippen LogP contribution in [0, 0.1) is 17.5 Å². The second-order valence-corrected chi connectivity index (χ2v) is 7.94. The molecule has 1 aliphatic rings. The third kappa shape index (κ3) is 4.29. The van der Waals surface area contributed by atoms with Crippen molar-refractivity contribution in [1.82, 2.24) is 14.7 Å². The van der Waals surface area contributed by atoms with E-state index in [0.717, 1.165) is 18.7 Å². The molecule has 0 amide bonds. The van der Waals surface area contributed by atoms with Crippen LogP contribution in [-0.2, 0) is 11.3 Å². The molecule has 168 valence electrons. The number of aromatic nitrogens is 2. The highest BCUT2D eigenvalue weighted by molar-refractivity contribution is 5.69. The number of halogens is 3. The average molecular weight is 449 g/mol. The number of ether oxygens (including phenoxy) is 1. The van der Waals surface area contributed by atoms with E-state index in [4.69, 9.17) is 4.74 Å². The zero-order valence-electron chi connectivity index (χ0n) is 17.8. The Bertz CT molecular complexity index is 1240. The first kappa shape index (κ1) is 21.4. The molecule has 5 rings (SSSR count). The maximum absolute atomic E-state index is 14.8. The molecule has 2 heterocycles. The number of hydrogen-bond donors (Lipinski definition) is 0. The van der Waals surface area contributed by atoms with Gasteiger partial charge in [-0.3, -0.25) is 4.90 Å². The van der Waals surface area contributed by atoms with Crippen LogP contribution in [0.3, 0.4) is 0 Å². The molecule has 4 aromatic rings. The van der Waals surface area contributed by atoms with Crippen LogP contribution in [0.2, 0.25) is 0 Å². The third-order valence-corrected chi connectivity index (χ3v) is 5.83. The molecule has 7 heteroatoms. The molecule has 3 aromatic carbocycles. The molecule has 1 saturated heterocycles. The van der Waals surface area contributed by atoms with Crippen molar-refractivity contribution in [2.24, 2.45) is 0 Å². The Morgan fingerprint density at radius 1 is 0.788 bits per heavy atom. The Kier molecular flexibility index (Phi) is 5.98. The van der Waals surface area contributed by atoms with E-state index in [1.807, 2.05) is 0 Å². The van der Waals surface area contributed by atoms with Crippen LogP contribution in [0.25, 0.3) is 28.1 Å². The lowest BCUT2D eigenvalue weighted by Gasteiger charge is -2.26. The van der Waals surface area contributed by atoms with Gasteiger partial charge in [0.2, 0.25) is 0 Å². The summed E-state index contributed by atoms with van der Waals surface area (Å²) in [7, 11) is 0. The maximum Gasteiger partial charge on any atom is 0.133 e. The van der Waals surface area contributed by atoms with Crippen molar-refractivity contribution >= 4 is 0 Å². The lowest BCUT2D eigenvalue weighted by Crippen LogP contribution is -2.35. The zero-order valence-corrected chi connectivity index (χ0v) is 17.8. The molecule has 0 N–H and O–H groups in total. The van der Waals surface area contributed by atoms with Crippen molar-refractivity contribution in [3.8, 4) is 28.1 Å². The monoisotopic (exact) mass is 449 g/mol. The van der Waals surface area contributed by atoms with E-state index < -0.39 is 11.6 Å². The first-order valence-corrected chi connectivity index (χ1v) is 10.8. The lowest BCUT2D eigenvalue weighted by molar-refractivity contribution is 0.0342. The van der Waals surface area contributed by atoms with E-state index in [-0.39, 0.29) is 11.4 Å². The number of rotatable bonds is 5. The molecule has 0 saturated carbocycles. The van der Waals surface area contributed by atoms with Crippen molar-refractivity contribution in [2.45, 2.75) is 6.54 Å². The fourth-order valence-corrected chi connectivity index (χ4v) is 4.18. The number of nitrogens with zero attached hydrogens (tertiary/aromatic N) is 3. The van der Waals surface area contributed by atoms with Crippen molar-refractivity contribution in [3.63, 3.8) is 0 Å². The van der Waals surface area contributed by atoms with Gasteiger partial charge in [-0.1, -0.05) is 30.3 Å². The van der Waals surface area contributed by atoms with Gasteiger partial charge in [-0.05, 0) is 42.0 Å². The Hall–Kier alpha value is -3.42. The van der Waals surface area contributed by atoms with Crippen molar-refractivity contribution in [1.29, 1.82) is 0 Å². The number of morpholine rings is 1. The van der Waals surface area contributed by atoms with Crippen LogP contribution in [0.15, 0.2) is 72.9 Å². The second-order valence-electron chi connectivity index (χ2n) is 7.94. The van der Waals surface area contributed by atoms with E-state index in [1.54, 1.807) is 53.3 Å². The fraction of sp³-hybridized carbons (Fsp3) is 0.192. The summed E-state index contributed by atoms with van der Waals surface area (Å²) >= 11 is 0. The van der Waals surface area contributed by atoms with Crippen molar-refractivity contribution in [2.75, 3.05) is 26.3 Å². The van der Waals surface area contributed by atoms with Crippen LogP contribution in [-0.4, -0.2) is 41.0 Å². The Morgan fingerprint density at radius 3 is 2.15 bits per heavy atom. The molecule has 0 unspecified atom stereocenters. The van der Waals surface area contributed by atoms with Gasteiger partial charge in [0.25, 0.3) is 0 Å². The molecule has 0 aliphatic carbocycles. The van der Waals surface area contributed by atoms with E-state index in [1.165, 1.54) is 24.3 Å². The largest absolute Gasteiger partial charge is 0.379 e. The molecule has 4 nitrogen and oxygen atoms in total. The minimum atomic E-state index is -0.623. The van der Waals surface area contributed by atoms with Gasteiger partial charge in [-0.25, -0.2) is 17.9 Å². The summed E-state index contributed by atoms with van der Waals surface area (Å²) < 4.78 is 50.3. The Balaban J connectivity index is 1.56. The maximum atomic E-state index is 14.8. The smallest absolute Gasteiger partial charge is 0.133 e. The molecular formula is C26H22F3N3O. The number of hydrogen-bond acceptors (Lipinski definition) is 3.